The summed E-state index contributed by atoms with van der Waals surface area (Å²) in [7, 11) is 0. The second kappa shape index (κ2) is 8.53. The second-order valence-electron chi connectivity index (χ2n) is 5.98. The Hall–Kier alpha value is -1.80. The molecule has 5 nitrogen and oxygen atoms in total. The number of rotatable bonds is 4. The van der Waals surface area contributed by atoms with E-state index in [0.717, 1.165) is 31.4 Å². The van der Waals surface area contributed by atoms with Crippen LogP contribution in [0.3, 0.4) is 0 Å². The molecular weight excluding hydrogens is 359 g/mol. The van der Waals surface area contributed by atoms with Crippen LogP contribution < -0.4 is 16.4 Å². The summed E-state index contributed by atoms with van der Waals surface area (Å²) >= 11 is 0. The van der Waals surface area contributed by atoms with Gasteiger partial charge in [-0.05, 0) is 43.5 Å². The van der Waals surface area contributed by atoms with Crippen LogP contribution in [0.25, 0.3) is 0 Å². The van der Waals surface area contributed by atoms with Gasteiger partial charge in [-0.1, -0.05) is 6.42 Å². The summed E-state index contributed by atoms with van der Waals surface area (Å²) < 4.78 is 39.0. The van der Waals surface area contributed by atoms with E-state index in [1.165, 1.54) is 13.0 Å². The van der Waals surface area contributed by atoms with Crippen LogP contribution >= 0.6 is 12.4 Å². The van der Waals surface area contributed by atoms with Gasteiger partial charge in [-0.2, -0.15) is 13.2 Å². The Morgan fingerprint density at radius 2 is 1.92 bits per heavy atom. The summed E-state index contributed by atoms with van der Waals surface area (Å²) in [5.74, 6) is -0.979. The SMILES string of the molecule is CC(=O)Nc1cc(C(=O)NC2CCCC2CN)cc(C(F)(F)F)c1.Cl. The number of anilines is 1. The largest absolute Gasteiger partial charge is 0.416 e. The number of carbonyl (C=O) groups excluding carboxylic acids is 2. The number of amides is 2. The molecule has 0 radical (unpaired) electrons. The van der Waals surface area contributed by atoms with Crippen molar-refractivity contribution in [1.29, 1.82) is 0 Å². The van der Waals surface area contributed by atoms with Gasteiger partial charge in [-0.25, -0.2) is 0 Å². The molecule has 2 atom stereocenters. The fourth-order valence-electron chi connectivity index (χ4n) is 2.96. The monoisotopic (exact) mass is 379 g/mol. The Labute approximate surface area is 149 Å². The molecule has 0 saturated heterocycles. The van der Waals surface area contributed by atoms with E-state index < -0.39 is 23.6 Å². The molecule has 1 fully saturated rings. The quantitative estimate of drug-likeness (QED) is 0.752. The maximum Gasteiger partial charge on any atom is 0.416 e. The summed E-state index contributed by atoms with van der Waals surface area (Å²) in [6.07, 6.45) is -2.05. The minimum Gasteiger partial charge on any atom is -0.349 e. The Bertz CT molecular complexity index is 638. The number of hydrogen-bond donors (Lipinski definition) is 3. The van der Waals surface area contributed by atoms with Crippen molar-refractivity contribution in [3.8, 4) is 0 Å². The summed E-state index contributed by atoms with van der Waals surface area (Å²) in [5, 5.41) is 5.04. The predicted octanol–water partition coefficient (Wildman–Crippen LogP) is 2.94. The van der Waals surface area contributed by atoms with Crippen LogP contribution in [0.2, 0.25) is 0 Å². The van der Waals surface area contributed by atoms with E-state index >= 15 is 0 Å². The summed E-state index contributed by atoms with van der Waals surface area (Å²) in [4.78, 5) is 23.5. The standard InChI is InChI=1S/C16H20F3N3O2.ClH/c1-9(23)21-13-6-11(5-12(7-13)16(17,18)19)15(24)22-14-4-2-3-10(14)8-20;/h5-7,10,14H,2-4,8,20H2,1H3,(H,21,23)(H,22,24);1H. The third-order valence-corrected chi connectivity index (χ3v) is 4.12. The van der Waals surface area contributed by atoms with Crippen LogP contribution in [0.15, 0.2) is 18.2 Å². The van der Waals surface area contributed by atoms with Crippen molar-refractivity contribution in [3.63, 3.8) is 0 Å². The van der Waals surface area contributed by atoms with Gasteiger partial charge in [0, 0.05) is 24.2 Å². The van der Waals surface area contributed by atoms with Gasteiger partial charge >= 0.3 is 6.18 Å². The average Bonchev–Trinajstić information content (AvgIpc) is 2.92. The van der Waals surface area contributed by atoms with Crippen molar-refractivity contribution in [1.82, 2.24) is 5.32 Å². The first-order valence-electron chi connectivity index (χ1n) is 7.71. The molecule has 0 aliphatic heterocycles. The molecule has 0 aromatic heterocycles. The van der Waals surface area contributed by atoms with Gasteiger partial charge in [0.2, 0.25) is 5.91 Å². The van der Waals surface area contributed by atoms with Crippen LogP contribution in [0.1, 0.15) is 42.1 Å². The van der Waals surface area contributed by atoms with E-state index in [4.69, 9.17) is 5.73 Å². The summed E-state index contributed by atoms with van der Waals surface area (Å²) in [5.41, 5.74) is 4.46. The number of nitrogens with two attached hydrogens (primary N) is 1. The van der Waals surface area contributed by atoms with Crippen molar-refractivity contribution in [2.45, 2.75) is 38.4 Å². The highest BCUT2D eigenvalue weighted by molar-refractivity contribution is 5.97. The lowest BCUT2D eigenvalue weighted by molar-refractivity contribution is -0.137. The molecule has 1 aromatic rings. The highest BCUT2D eigenvalue weighted by Crippen LogP contribution is 2.32. The lowest BCUT2D eigenvalue weighted by Gasteiger charge is -2.20. The molecule has 1 aliphatic rings. The van der Waals surface area contributed by atoms with E-state index in [-0.39, 0.29) is 35.6 Å². The Kier molecular flexibility index (Phi) is 7.25. The first-order valence-corrected chi connectivity index (χ1v) is 7.71. The fraction of sp³-hybridized carbons (Fsp3) is 0.500. The molecular formula is C16H21ClF3N3O2. The molecule has 2 amide bonds. The van der Waals surface area contributed by atoms with Crippen LogP contribution in [-0.2, 0) is 11.0 Å². The highest BCUT2D eigenvalue weighted by atomic mass is 35.5. The number of carbonyl (C=O) groups is 2. The van der Waals surface area contributed by atoms with E-state index in [1.54, 1.807) is 0 Å². The Balaban J connectivity index is 0.00000312. The van der Waals surface area contributed by atoms with E-state index in [0.29, 0.717) is 6.54 Å². The van der Waals surface area contributed by atoms with Crippen molar-refractivity contribution < 1.29 is 22.8 Å². The molecule has 0 spiro atoms. The molecule has 1 saturated carbocycles. The summed E-state index contributed by atoms with van der Waals surface area (Å²) in [6, 6.07) is 2.68. The molecule has 9 heteroatoms. The van der Waals surface area contributed by atoms with Crippen molar-refractivity contribution >= 4 is 29.9 Å². The normalized spacial score (nSPS) is 19.9. The zero-order chi connectivity index (χ0) is 17.9. The van der Waals surface area contributed by atoms with Crippen LogP contribution in [-0.4, -0.2) is 24.4 Å². The predicted molar refractivity (Wildman–Crippen MR) is 90.6 cm³/mol. The number of hydrogen-bond acceptors (Lipinski definition) is 3. The molecule has 25 heavy (non-hydrogen) atoms. The van der Waals surface area contributed by atoms with Gasteiger partial charge < -0.3 is 16.4 Å². The maximum absolute atomic E-state index is 13.0. The summed E-state index contributed by atoms with van der Waals surface area (Å²) in [6.45, 7) is 1.61. The van der Waals surface area contributed by atoms with E-state index in [1.807, 2.05) is 0 Å². The molecule has 1 aliphatic carbocycles. The third-order valence-electron chi connectivity index (χ3n) is 4.12. The van der Waals surface area contributed by atoms with Gasteiger partial charge in [-0.3, -0.25) is 9.59 Å². The molecule has 2 unspecified atom stereocenters. The number of benzene rings is 1. The third kappa shape index (κ3) is 5.61. The van der Waals surface area contributed by atoms with E-state index in [2.05, 4.69) is 10.6 Å². The average molecular weight is 380 g/mol. The van der Waals surface area contributed by atoms with Gasteiger partial charge in [0.25, 0.3) is 5.91 Å². The van der Waals surface area contributed by atoms with Gasteiger partial charge in [0.15, 0.2) is 0 Å². The minimum atomic E-state index is -4.61. The highest BCUT2D eigenvalue weighted by Gasteiger charge is 2.33. The molecule has 2 rings (SSSR count). The molecule has 0 bridgehead atoms. The lowest BCUT2D eigenvalue weighted by atomic mass is 10.0. The first-order chi connectivity index (χ1) is 11.2. The van der Waals surface area contributed by atoms with Crippen molar-refractivity contribution in [2.75, 3.05) is 11.9 Å². The van der Waals surface area contributed by atoms with Gasteiger partial charge in [0.1, 0.15) is 0 Å². The topological polar surface area (TPSA) is 84.2 Å². The molecule has 1 aromatic carbocycles. The zero-order valence-electron chi connectivity index (χ0n) is 13.7. The Morgan fingerprint density at radius 1 is 1.24 bits per heavy atom. The lowest BCUT2D eigenvalue weighted by Crippen LogP contribution is -2.40. The molecule has 0 heterocycles. The van der Waals surface area contributed by atoms with Crippen LogP contribution in [0, 0.1) is 5.92 Å². The maximum atomic E-state index is 13.0. The fourth-order valence-corrected chi connectivity index (χ4v) is 2.96. The minimum absolute atomic E-state index is 0. The number of alkyl halides is 3. The second-order valence-corrected chi connectivity index (χ2v) is 5.98. The zero-order valence-corrected chi connectivity index (χ0v) is 14.5. The van der Waals surface area contributed by atoms with Crippen molar-refractivity contribution in [2.24, 2.45) is 11.7 Å². The van der Waals surface area contributed by atoms with E-state index in [9.17, 15) is 22.8 Å². The van der Waals surface area contributed by atoms with Crippen LogP contribution in [0.5, 0.6) is 0 Å². The van der Waals surface area contributed by atoms with Gasteiger partial charge in [0.05, 0.1) is 5.56 Å². The van der Waals surface area contributed by atoms with Crippen molar-refractivity contribution in [3.05, 3.63) is 29.3 Å². The van der Waals surface area contributed by atoms with Gasteiger partial charge in [-0.15, -0.1) is 12.4 Å². The van der Waals surface area contributed by atoms with Crippen LogP contribution in [0.4, 0.5) is 18.9 Å². The molecule has 140 valence electrons. The number of halogens is 4. The number of nitrogens with one attached hydrogen (secondary N) is 2. The first kappa shape index (κ1) is 21.2. The Morgan fingerprint density at radius 3 is 2.48 bits per heavy atom. The molecule has 4 N–H and O–H groups in total. The smallest absolute Gasteiger partial charge is 0.349 e.